The first-order chi connectivity index (χ1) is 14.7. The third kappa shape index (κ3) is 3.57. The molecule has 5 rings (SSSR count). The second kappa shape index (κ2) is 7.91. The Balaban J connectivity index is 1.30. The highest BCUT2D eigenvalue weighted by molar-refractivity contribution is 7.13. The molecule has 0 atom stereocenters. The van der Waals surface area contributed by atoms with Gasteiger partial charge < -0.3 is 14.8 Å². The number of amides is 1. The molecule has 2 aromatic heterocycles. The monoisotopic (exact) mass is 417 g/mol. The Labute approximate surface area is 179 Å². The Morgan fingerprint density at radius 3 is 2.70 bits per heavy atom. The maximum atomic E-state index is 13.1. The van der Waals surface area contributed by atoms with E-state index in [1.165, 1.54) is 16.9 Å². The summed E-state index contributed by atoms with van der Waals surface area (Å²) in [5, 5.41) is 2.78. The maximum Gasteiger partial charge on any atom is 0.273 e. The van der Waals surface area contributed by atoms with Crippen molar-refractivity contribution in [2.24, 2.45) is 0 Å². The lowest BCUT2D eigenvalue weighted by Gasteiger charge is -2.21. The molecule has 1 aliphatic heterocycles. The minimum atomic E-state index is 0.0116. The second-order valence-electron chi connectivity index (χ2n) is 7.56. The van der Waals surface area contributed by atoms with Crippen molar-refractivity contribution in [2.45, 2.75) is 13.3 Å². The minimum Gasteiger partial charge on any atom is -0.341 e. The van der Waals surface area contributed by atoms with Gasteiger partial charge in [0.05, 0.1) is 11.0 Å². The number of hydrogen-bond donors (Lipinski definition) is 1. The van der Waals surface area contributed by atoms with Crippen LogP contribution in [0.1, 0.15) is 22.5 Å². The van der Waals surface area contributed by atoms with Crippen molar-refractivity contribution >= 4 is 34.2 Å². The number of thiazole rings is 1. The lowest BCUT2D eigenvalue weighted by Crippen LogP contribution is -2.35. The fraction of sp³-hybridized carbons (Fsp3) is 0.261. The summed E-state index contributed by atoms with van der Waals surface area (Å²) >= 11 is 1.53. The molecule has 1 aliphatic rings. The Kier molecular flexibility index (Phi) is 4.96. The molecule has 2 aromatic carbocycles. The molecule has 0 saturated carbocycles. The summed E-state index contributed by atoms with van der Waals surface area (Å²) in [5.41, 5.74) is 4.80. The SMILES string of the molecule is Cc1ccccc1-c1nc(C(=O)N2CCCN(c3nc4ccccc4[nH]3)CC2)cs1. The number of rotatable bonds is 3. The molecule has 152 valence electrons. The molecule has 6 nitrogen and oxygen atoms in total. The topological polar surface area (TPSA) is 65.1 Å². The third-order valence-corrected chi connectivity index (χ3v) is 6.43. The van der Waals surface area contributed by atoms with Gasteiger partial charge in [0, 0.05) is 37.1 Å². The minimum absolute atomic E-state index is 0.0116. The average Bonchev–Trinajstić information content (AvgIpc) is 3.35. The van der Waals surface area contributed by atoms with Crippen molar-refractivity contribution < 1.29 is 4.79 Å². The molecule has 0 spiro atoms. The van der Waals surface area contributed by atoms with Gasteiger partial charge in [-0.05, 0) is 31.0 Å². The van der Waals surface area contributed by atoms with Crippen molar-refractivity contribution in [3.63, 3.8) is 0 Å². The number of carbonyl (C=O) groups is 1. The third-order valence-electron chi connectivity index (χ3n) is 5.56. The number of aromatic amines is 1. The molecule has 30 heavy (non-hydrogen) atoms. The molecule has 1 N–H and O–H groups in total. The standard InChI is InChI=1S/C23H23N5OS/c1-16-7-2-3-8-17(16)21-24-20(15-30-21)22(29)27-11-6-12-28(14-13-27)23-25-18-9-4-5-10-19(18)26-23/h2-5,7-10,15H,6,11-14H2,1H3,(H,25,26). The fourth-order valence-corrected chi connectivity index (χ4v) is 4.78. The zero-order valence-electron chi connectivity index (χ0n) is 16.8. The van der Waals surface area contributed by atoms with E-state index in [2.05, 4.69) is 33.9 Å². The zero-order valence-corrected chi connectivity index (χ0v) is 17.7. The number of nitrogens with zero attached hydrogens (tertiary/aromatic N) is 4. The largest absolute Gasteiger partial charge is 0.341 e. The fourth-order valence-electron chi connectivity index (χ4n) is 3.89. The van der Waals surface area contributed by atoms with Crippen molar-refractivity contribution in [3.05, 3.63) is 65.2 Å². The highest BCUT2D eigenvalue weighted by Crippen LogP contribution is 2.27. The molecule has 7 heteroatoms. The summed E-state index contributed by atoms with van der Waals surface area (Å²) in [7, 11) is 0. The molecule has 0 unspecified atom stereocenters. The van der Waals surface area contributed by atoms with Crippen LogP contribution in [0.15, 0.2) is 53.9 Å². The Morgan fingerprint density at radius 2 is 1.83 bits per heavy atom. The Bertz CT molecular complexity index is 1160. The van der Waals surface area contributed by atoms with Crippen LogP contribution in [0.3, 0.4) is 0 Å². The van der Waals surface area contributed by atoms with Crippen LogP contribution in [0.5, 0.6) is 0 Å². The number of aromatic nitrogens is 3. The van der Waals surface area contributed by atoms with Crippen LogP contribution in [0, 0.1) is 6.92 Å². The van der Waals surface area contributed by atoms with E-state index in [0.29, 0.717) is 12.2 Å². The number of para-hydroxylation sites is 2. The van der Waals surface area contributed by atoms with E-state index in [1.54, 1.807) is 0 Å². The smallest absolute Gasteiger partial charge is 0.273 e. The molecule has 1 amide bonds. The van der Waals surface area contributed by atoms with E-state index in [9.17, 15) is 4.79 Å². The van der Waals surface area contributed by atoms with E-state index < -0.39 is 0 Å². The van der Waals surface area contributed by atoms with Crippen LogP contribution < -0.4 is 4.90 Å². The van der Waals surface area contributed by atoms with Gasteiger partial charge in [-0.25, -0.2) is 9.97 Å². The van der Waals surface area contributed by atoms with Crippen LogP contribution in [0.2, 0.25) is 0 Å². The molecule has 0 bridgehead atoms. The van der Waals surface area contributed by atoms with E-state index in [4.69, 9.17) is 4.98 Å². The number of imidazole rings is 1. The van der Waals surface area contributed by atoms with Crippen molar-refractivity contribution in [2.75, 3.05) is 31.1 Å². The van der Waals surface area contributed by atoms with Crippen LogP contribution in [0.4, 0.5) is 5.95 Å². The van der Waals surface area contributed by atoms with Gasteiger partial charge in [0.1, 0.15) is 10.7 Å². The summed E-state index contributed by atoms with van der Waals surface area (Å²) in [5.74, 6) is 0.888. The van der Waals surface area contributed by atoms with Gasteiger partial charge in [-0.3, -0.25) is 4.79 Å². The van der Waals surface area contributed by atoms with Gasteiger partial charge in [0.25, 0.3) is 5.91 Å². The van der Waals surface area contributed by atoms with Crippen LogP contribution in [-0.2, 0) is 0 Å². The molecule has 4 aromatic rings. The summed E-state index contributed by atoms with van der Waals surface area (Å²) < 4.78 is 0. The maximum absolute atomic E-state index is 13.1. The zero-order chi connectivity index (χ0) is 20.5. The van der Waals surface area contributed by atoms with Gasteiger partial charge in [-0.15, -0.1) is 11.3 Å². The first-order valence-electron chi connectivity index (χ1n) is 10.2. The van der Waals surface area contributed by atoms with Crippen LogP contribution >= 0.6 is 11.3 Å². The highest BCUT2D eigenvalue weighted by Gasteiger charge is 2.24. The van der Waals surface area contributed by atoms with Crippen molar-refractivity contribution in [1.29, 1.82) is 0 Å². The number of benzene rings is 2. The Morgan fingerprint density at radius 1 is 1.00 bits per heavy atom. The summed E-state index contributed by atoms with van der Waals surface area (Å²) in [4.78, 5) is 30.0. The number of H-pyrrole nitrogens is 1. The van der Waals surface area contributed by atoms with E-state index in [-0.39, 0.29) is 5.91 Å². The molecule has 3 heterocycles. The van der Waals surface area contributed by atoms with Crippen LogP contribution in [0.25, 0.3) is 21.6 Å². The molecule has 1 saturated heterocycles. The normalized spacial score (nSPS) is 14.8. The predicted molar refractivity (Wildman–Crippen MR) is 121 cm³/mol. The van der Waals surface area contributed by atoms with Crippen LogP contribution in [-0.4, -0.2) is 51.9 Å². The predicted octanol–water partition coefficient (Wildman–Crippen LogP) is 4.35. The summed E-state index contributed by atoms with van der Waals surface area (Å²) in [6, 6.07) is 16.2. The molecule has 1 fully saturated rings. The number of aryl methyl sites for hydroxylation is 1. The highest BCUT2D eigenvalue weighted by atomic mass is 32.1. The molecular weight excluding hydrogens is 394 g/mol. The number of anilines is 1. The summed E-state index contributed by atoms with van der Waals surface area (Å²) in [6.45, 7) is 5.08. The number of hydrogen-bond acceptors (Lipinski definition) is 5. The lowest BCUT2D eigenvalue weighted by molar-refractivity contribution is 0.0762. The Hall–Kier alpha value is -3.19. The van der Waals surface area contributed by atoms with Gasteiger partial charge in [0.15, 0.2) is 0 Å². The molecule has 0 radical (unpaired) electrons. The second-order valence-corrected chi connectivity index (χ2v) is 8.42. The van der Waals surface area contributed by atoms with E-state index in [1.807, 2.05) is 46.7 Å². The number of fused-ring (bicyclic) bond motifs is 1. The number of carbonyl (C=O) groups excluding carboxylic acids is 1. The number of nitrogens with one attached hydrogen (secondary N) is 1. The van der Waals surface area contributed by atoms with Gasteiger partial charge in [-0.1, -0.05) is 36.4 Å². The van der Waals surface area contributed by atoms with E-state index in [0.717, 1.165) is 53.6 Å². The van der Waals surface area contributed by atoms with Crippen molar-refractivity contribution in [3.8, 4) is 10.6 Å². The lowest BCUT2D eigenvalue weighted by atomic mass is 10.1. The van der Waals surface area contributed by atoms with E-state index >= 15 is 0 Å². The first-order valence-corrected chi connectivity index (χ1v) is 11.1. The van der Waals surface area contributed by atoms with Gasteiger partial charge in [-0.2, -0.15) is 0 Å². The molecular formula is C23H23N5OS. The average molecular weight is 418 g/mol. The first kappa shape index (κ1) is 18.8. The van der Waals surface area contributed by atoms with Crippen molar-refractivity contribution in [1.82, 2.24) is 19.9 Å². The quantitative estimate of drug-likeness (QED) is 0.538. The van der Waals surface area contributed by atoms with Gasteiger partial charge >= 0.3 is 0 Å². The summed E-state index contributed by atoms with van der Waals surface area (Å²) in [6.07, 6.45) is 0.900. The van der Waals surface area contributed by atoms with Gasteiger partial charge in [0.2, 0.25) is 5.95 Å². The molecule has 0 aliphatic carbocycles.